The summed E-state index contributed by atoms with van der Waals surface area (Å²) < 4.78 is 29.1. The van der Waals surface area contributed by atoms with Crippen molar-refractivity contribution >= 4 is 23.6 Å². The van der Waals surface area contributed by atoms with Crippen LogP contribution in [0.5, 0.6) is 5.75 Å². The van der Waals surface area contributed by atoms with Gasteiger partial charge in [-0.15, -0.1) is 0 Å². The number of hydrogen-bond acceptors (Lipinski definition) is 3. The number of carbonyl (C=O) groups excluding carboxylic acids is 2. The molecule has 0 aliphatic carbocycles. The van der Waals surface area contributed by atoms with Gasteiger partial charge in [0.05, 0.1) is 0 Å². The smallest absolute Gasteiger partial charge is 0.387 e. The van der Waals surface area contributed by atoms with Gasteiger partial charge >= 0.3 is 6.61 Å². The van der Waals surface area contributed by atoms with E-state index in [9.17, 15) is 18.4 Å². The van der Waals surface area contributed by atoms with Gasteiger partial charge in [-0.2, -0.15) is 8.78 Å². The van der Waals surface area contributed by atoms with E-state index < -0.39 is 12.5 Å². The SMILES string of the molecule is CCNC(=O)c1ccc(NC(=O)C=Cc2ccccc2OC(F)F)cc1. The molecule has 2 amide bonds. The van der Waals surface area contributed by atoms with E-state index in [1.165, 1.54) is 18.2 Å². The number of rotatable bonds is 7. The Bertz CT molecular complexity index is 790. The van der Waals surface area contributed by atoms with Crippen molar-refractivity contribution in [1.29, 1.82) is 0 Å². The average Bonchev–Trinajstić information content (AvgIpc) is 2.61. The summed E-state index contributed by atoms with van der Waals surface area (Å²) in [5.74, 6) is -0.652. The van der Waals surface area contributed by atoms with Crippen LogP contribution in [0, 0.1) is 0 Å². The first-order valence-electron chi connectivity index (χ1n) is 7.90. The second-order valence-electron chi connectivity index (χ2n) is 5.18. The highest BCUT2D eigenvalue weighted by Gasteiger charge is 2.08. The van der Waals surface area contributed by atoms with Gasteiger partial charge < -0.3 is 15.4 Å². The van der Waals surface area contributed by atoms with Crippen LogP contribution in [0.2, 0.25) is 0 Å². The van der Waals surface area contributed by atoms with Crippen molar-refractivity contribution in [2.24, 2.45) is 0 Å². The van der Waals surface area contributed by atoms with Crippen LogP contribution < -0.4 is 15.4 Å². The minimum Gasteiger partial charge on any atom is -0.434 e. The van der Waals surface area contributed by atoms with Gasteiger partial charge in [-0.3, -0.25) is 9.59 Å². The third-order valence-corrected chi connectivity index (χ3v) is 3.30. The van der Waals surface area contributed by atoms with Crippen molar-refractivity contribution in [3.63, 3.8) is 0 Å². The number of halogens is 2. The molecule has 2 aromatic carbocycles. The van der Waals surface area contributed by atoms with E-state index in [1.54, 1.807) is 42.5 Å². The molecule has 0 bridgehead atoms. The lowest BCUT2D eigenvalue weighted by Gasteiger charge is -2.07. The third kappa shape index (κ3) is 5.70. The molecular formula is C19H18F2N2O3. The van der Waals surface area contributed by atoms with Gasteiger partial charge in [0.25, 0.3) is 5.91 Å². The highest BCUT2D eigenvalue weighted by atomic mass is 19.3. The molecule has 0 heterocycles. The van der Waals surface area contributed by atoms with Crippen LogP contribution in [0.1, 0.15) is 22.8 Å². The molecule has 2 N–H and O–H groups in total. The first-order chi connectivity index (χ1) is 12.5. The Kier molecular flexibility index (Phi) is 6.84. The summed E-state index contributed by atoms with van der Waals surface area (Å²) in [5, 5.41) is 5.30. The topological polar surface area (TPSA) is 67.4 Å². The van der Waals surface area contributed by atoms with Crippen molar-refractivity contribution in [1.82, 2.24) is 5.32 Å². The fourth-order valence-electron chi connectivity index (χ4n) is 2.14. The zero-order valence-electron chi connectivity index (χ0n) is 14.0. The van der Waals surface area contributed by atoms with Gasteiger partial charge in [0, 0.05) is 29.4 Å². The van der Waals surface area contributed by atoms with Crippen LogP contribution in [0.15, 0.2) is 54.6 Å². The zero-order chi connectivity index (χ0) is 18.9. The summed E-state index contributed by atoms with van der Waals surface area (Å²) >= 11 is 0. The van der Waals surface area contributed by atoms with Crippen molar-refractivity contribution in [2.75, 3.05) is 11.9 Å². The van der Waals surface area contributed by atoms with Crippen LogP contribution in [-0.4, -0.2) is 25.0 Å². The van der Waals surface area contributed by atoms with Crippen molar-refractivity contribution < 1.29 is 23.1 Å². The number of benzene rings is 2. The molecule has 2 rings (SSSR count). The molecule has 0 saturated heterocycles. The van der Waals surface area contributed by atoms with Gasteiger partial charge in [-0.25, -0.2) is 0 Å². The lowest BCUT2D eigenvalue weighted by molar-refractivity contribution is -0.111. The monoisotopic (exact) mass is 360 g/mol. The van der Waals surface area contributed by atoms with Crippen LogP contribution in [0.4, 0.5) is 14.5 Å². The predicted molar refractivity (Wildman–Crippen MR) is 95.2 cm³/mol. The van der Waals surface area contributed by atoms with Crippen LogP contribution in [0.3, 0.4) is 0 Å². The fourth-order valence-corrected chi connectivity index (χ4v) is 2.14. The standard InChI is InChI=1S/C19H18F2N2O3/c1-2-22-18(25)14-7-10-15(11-8-14)23-17(24)12-9-13-5-3-4-6-16(13)26-19(20)21/h3-12,19H,2H2,1H3,(H,22,25)(H,23,24). The van der Waals surface area contributed by atoms with E-state index in [0.29, 0.717) is 23.4 Å². The minimum absolute atomic E-state index is 0.0159. The Morgan fingerprint density at radius 1 is 1.12 bits per heavy atom. The van der Waals surface area contributed by atoms with Gasteiger partial charge in [0.2, 0.25) is 5.91 Å². The fraction of sp³-hybridized carbons (Fsp3) is 0.158. The minimum atomic E-state index is -2.94. The Hall–Kier alpha value is -3.22. The Morgan fingerprint density at radius 3 is 2.46 bits per heavy atom. The van der Waals surface area contributed by atoms with Crippen molar-refractivity contribution in [2.45, 2.75) is 13.5 Å². The molecule has 0 saturated carbocycles. The quantitative estimate of drug-likeness (QED) is 0.740. The van der Waals surface area contributed by atoms with Crippen LogP contribution >= 0.6 is 0 Å². The Morgan fingerprint density at radius 2 is 1.81 bits per heavy atom. The maximum Gasteiger partial charge on any atom is 0.387 e. The van der Waals surface area contributed by atoms with Gasteiger partial charge in [-0.1, -0.05) is 18.2 Å². The molecule has 0 atom stereocenters. The number of hydrogen-bond donors (Lipinski definition) is 2. The number of nitrogens with one attached hydrogen (secondary N) is 2. The first kappa shape index (κ1) is 19.1. The molecule has 7 heteroatoms. The number of amides is 2. The van der Waals surface area contributed by atoms with Gasteiger partial charge in [0.1, 0.15) is 5.75 Å². The zero-order valence-corrected chi connectivity index (χ0v) is 14.0. The lowest BCUT2D eigenvalue weighted by atomic mass is 10.1. The molecule has 0 fully saturated rings. The highest BCUT2D eigenvalue weighted by molar-refractivity contribution is 6.02. The number of anilines is 1. The maximum absolute atomic E-state index is 12.4. The second-order valence-corrected chi connectivity index (χ2v) is 5.18. The largest absolute Gasteiger partial charge is 0.434 e. The van der Waals surface area contributed by atoms with Crippen molar-refractivity contribution in [3.8, 4) is 5.75 Å². The summed E-state index contributed by atoms with van der Waals surface area (Å²) in [6, 6.07) is 12.5. The van der Waals surface area contributed by atoms with E-state index in [0.717, 1.165) is 0 Å². The molecule has 2 aromatic rings. The summed E-state index contributed by atoms with van der Waals surface area (Å²) in [7, 11) is 0. The molecule has 5 nitrogen and oxygen atoms in total. The third-order valence-electron chi connectivity index (χ3n) is 3.30. The van der Waals surface area contributed by atoms with E-state index in [2.05, 4.69) is 15.4 Å². The summed E-state index contributed by atoms with van der Waals surface area (Å²) in [6.07, 6.45) is 2.60. The molecule has 136 valence electrons. The van der Waals surface area contributed by atoms with Gasteiger partial charge in [-0.05, 0) is 43.3 Å². The maximum atomic E-state index is 12.4. The summed E-state index contributed by atoms with van der Waals surface area (Å²) in [6.45, 7) is -0.593. The number of para-hydroxylation sites is 1. The molecule has 0 radical (unpaired) electrons. The molecular weight excluding hydrogens is 342 g/mol. The molecule has 0 unspecified atom stereocenters. The predicted octanol–water partition coefficient (Wildman–Crippen LogP) is 3.69. The average molecular weight is 360 g/mol. The Labute approximate surface area is 149 Å². The number of alkyl halides is 2. The molecule has 0 aromatic heterocycles. The lowest BCUT2D eigenvalue weighted by Crippen LogP contribution is -2.22. The first-order valence-corrected chi connectivity index (χ1v) is 7.90. The number of ether oxygens (including phenoxy) is 1. The van der Waals surface area contributed by atoms with Crippen LogP contribution in [0.25, 0.3) is 6.08 Å². The molecule has 0 aliphatic heterocycles. The number of carbonyl (C=O) groups is 2. The summed E-state index contributed by atoms with van der Waals surface area (Å²) in [4.78, 5) is 23.6. The Balaban J connectivity index is 2.00. The molecule has 0 spiro atoms. The molecule has 26 heavy (non-hydrogen) atoms. The summed E-state index contributed by atoms with van der Waals surface area (Å²) in [5.41, 5.74) is 1.35. The van der Waals surface area contributed by atoms with E-state index >= 15 is 0 Å². The van der Waals surface area contributed by atoms with Crippen molar-refractivity contribution in [3.05, 3.63) is 65.7 Å². The van der Waals surface area contributed by atoms with E-state index in [4.69, 9.17) is 0 Å². The highest BCUT2D eigenvalue weighted by Crippen LogP contribution is 2.21. The van der Waals surface area contributed by atoms with Gasteiger partial charge in [0.15, 0.2) is 0 Å². The van der Waals surface area contributed by atoms with E-state index in [1.807, 2.05) is 6.92 Å². The normalized spacial score (nSPS) is 10.8. The van der Waals surface area contributed by atoms with Crippen LogP contribution in [-0.2, 0) is 4.79 Å². The molecule has 0 aliphatic rings. The van der Waals surface area contributed by atoms with E-state index in [-0.39, 0.29) is 11.7 Å². The second kappa shape index (κ2) is 9.31.